The van der Waals surface area contributed by atoms with Crippen LogP contribution in [0.5, 0.6) is 0 Å². The molecule has 0 aliphatic carbocycles. The number of benzene rings is 1. The summed E-state index contributed by atoms with van der Waals surface area (Å²) in [6.07, 6.45) is -5.11. The van der Waals surface area contributed by atoms with E-state index in [4.69, 9.17) is 4.84 Å². The molecule has 3 nitrogen and oxygen atoms in total. The molecule has 0 fully saturated rings. The van der Waals surface area contributed by atoms with Crippen molar-refractivity contribution in [1.29, 1.82) is 0 Å². The zero-order valence-corrected chi connectivity index (χ0v) is 13.5. The standard InChI is InChI=1S/C16H22F3NO2/c1-11(20-22-5)12-7-6-8-13(9-12)14(2,3)10-15(4,21)16(17,18)19/h6-9,21H,10H2,1-5H3. The van der Waals surface area contributed by atoms with E-state index in [0.29, 0.717) is 11.3 Å². The lowest BCUT2D eigenvalue weighted by Gasteiger charge is -2.35. The van der Waals surface area contributed by atoms with Crippen LogP contribution in [0, 0.1) is 0 Å². The van der Waals surface area contributed by atoms with Gasteiger partial charge in [-0.15, -0.1) is 0 Å². The van der Waals surface area contributed by atoms with Crippen molar-refractivity contribution in [2.75, 3.05) is 7.11 Å². The van der Waals surface area contributed by atoms with Crippen molar-refractivity contribution in [2.24, 2.45) is 5.16 Å². The van der Waals surface area contributed by atoms with Crippen molar-refractivity contribution in [2.45, 2.75) is 51.3 Å². The number of alkyl halides is 3. The van der Waals surface area contributed by atoms with Crippen LogP contribution in [0.4, 0.5) is 13.2 Å². The van der Waals surface area contributed by atoms with Crippen LogP contribution in [0.2, 0.25) is 0 Å². The van der Waals surface area contributed by atoms with Gasteiger partial charge < -0.3 is 9.94 Å². The topological polar surface area (TPSA) is 41.8 Å². The summed E-state index contributed by atoms with van der Waals surface area (Å²) in [4.78, 5) is 4.71. The van der Waals surface area contributed by atoms with Gasteiger partial charge in [-0.1, -0.05) is 37.2 Å². The smallest absolute Gasteiger partial charge is 0.399 e. The Morgan fingerprint density at radius 3 is 2.32 bits per heavy atom. The van der Waals surface area contributed by atoms with Gasteiger partial charge in [0.2, 0.25) is 0 Å². The predicted molar refractivity (Wildman–Crippen MR) is 80.0 cm³/mol. The van der Waals surface area contributed by atoms with Gasteiger partial charge in [-0.25, -0.2) is 0 Å². The first-order valence-electron chi connectivity index (χ1n) is 6.88. The molecule has 0 spiro atoms. The van der Waals surface area contributed by atoms with Crippen LogP contribution in [-0.2, 0) is 10.3 Å². The van der Waals surface area contributed by atoms with Gasteiger partial charge in [0, 0.05) is 0 Å². The molecule has 1 atom stereocenters. The Morgan fingerprint density at radius 2 is 1.82 bits per heavy atom. The van der Waals surface area contributed by atoms with E-state index in [9.17, 15) is 18.3 Å². The lowest BCUT2D eigenvalue weighted by Crippen LogP contribution is -2.46. The summed E-state index contributed by atoms with van der Waals surface area (Å²) in [5, 5.41) is 13.6. The maximum atomic E-state index is 12.9. The Kier molecular flexibility index (Phi) is 5.28. The number of nitrogens with zero attached hydrogens (tertiary/aromatic N) is 1. The molecular formula is C16H22F3NO2. The fourth-order valence-corrected chi connectivity index (χ4v) is 2.42. The molecule has 0 heterocycles. The van der Waals surface area contributed by atoms with Gasteiger partial charge in [0.25, 0.3) is 0 Å². The van der Waals surface area contributed by atoms with Gasteiger partial charge in [0.15, 0.2) is 5.60 Å². The summed E-state index contributed by atoms with van der Waals surface area (Å²) in [5.74, 6) is 0. The van der Waals surface area contributed by atoms with Crippen LogP contribution < -0.4 is 0 Å². The molecule has 0 radical (unpaired) electrons. The first kappa shape index (κ1) is 18.5. The number of hydrogen-bond acceptors (Lipinski definition) is 3. The SMILES string of the molecule is CON=C(C)c1cccc(C(C)(C)CC(C)(O)C(F)(F)F)c1. The van der Waals surface area contributed by atoms with Crippen LogP contribution in [-0.4, -0.2) is 29.7 Å². The number of hydrogen-bond donors (Lipinski definition) is 1. The predicted octanol–water partition coefficient (Wildman–Crippen LogP) is 4.04. The van der Waals surface area contributed by atoms with Gasteiger partial charge in [-0.2, -0.15) is 13.2 Å². The summed E-state index contributed by atoms with van der Waals surface area (Å²) >= 11 is 0. The lowest BCUT2D eigenvalue weighted by molar-refractivity contribution is -0.259. The summed E-state index contributed by atoms with van der Waals surface area (Å²) in [5.41, 5.74) is -1.52. The summed E-state index contributed by atoms with van der Waals surface area (Å²) in [7, 11) is 1.43. The molecule has 1 unspecified atom stereocenters. The normalized spacial score (nSPS) is 16.3. The maximum Gasteiger partial charge on any atom is 0.416 e. The van der Waals surface area contributed by atoms with Crippen LogP contribution in [0.1, 0.15) is 45.2 Å². The van der Waals surface area contributed by atoms with E-state index in [1.54, 1.807) is 45.0 Å². The minimum absolute atomic E-state index is 0.437. The van der Waals surface area contributed by atoms with E-state index >= 15 is 0 Å². The highest BCUT2D eigenvalue weighted by Gasteiger charge is 2.52. The molecule has 0 saturated heterocycles. The second kappa shape index (κ2) is 6.28. The van der Waals surface area contributed by atoms with E-state index in [0.717, 1.165) is 12.5 Å². The molecule has 0 amide bonds. The minimum atomic E-state index is -4.67. The molecule has 22 heavy (non-hydrogen) atoms. The van der Waals surface area contributed by atoms with Gasteiger partial charge >= 0.3 is 6.18 Å². The van der Waals surface area contributed by atoms with E-state index in [2.05, 4.69) is 5.16 Å². The summed E-state index contributed by atoms with van der Waals surface area (Å²) in [6.45, 7) is 5.90. The molecule has 0 aliphatic rings. The molecule has 1 rings (SSSR count). The van der Waals surface area contributed by atoms with E-state index in [1.165, 1.54) is 7.11 Å². The number of oxime groups is 1. The fourth-order valence-electron chi connectivity index (χ4n) is 2.42. The van der Waals surface area contributed by atoms with Crippen molar-refractivity contribution in [3.8, 4) is 0 Å². The minimum Gasteiger partial charge on any atom is -0.399 e. The molecule has 1 aromatic carbocycles. The molecule has 0 bridgehead atoms. The number of aliphatic hydroxyl groups is 1. The average molecular weight is 317 g/mol. The highest BCUT2D eigenvalue weighted by Crippen LogP contribution is 2.40. The van der Waals surface area contributed by atoms with Gasteiger partial charge in [-0.05, 0) is 42.9 Å². The van der Waals surface area contributed by atoms with Crippen LogP contribution in [0.3, 0.4) is 0 Å². The molecule has 6 heteroatoms. The van der Waals surface area contributed by atoms with Crippen LogP contribution in [0.15, 0.2) is 29.4 Å². The highest BCUT2D eigenvalue weighted by atomic mass is 19.4. The summed E-state index contributed by atoms with van der Waals surface area (Å²) < 4.78 is 38.7. The van der Waals surface area contributed by atoms with E-state index in [-0.39, 0.29) is 0 Å². The number of halogens is 3. The Morgan fingerprint density at radius 1 is 1.23 bits per heavy atom. The van der Waals surface area contributed by atoms with Crippen molar-refractivity contribution >= 4 is 5.71 Å². The third kappa shape index (κ3) is 4.22. The molecule has 1 N–H and O–H groups in total. The first-order chi connectivity index (χ1) is 9.90. The Hall–Kier alpha value is -1.56. The van der Waals surface area contributed by atoms with Crippen molar-refractivity contribution in [3.05, 3.63) is 35.4 Å². The van der Waals surface area contributed by atoms with Gasteiger partial charge in [0.05, 0.1) is 5.71 Å². The Labute approximate surface area is 128 Å². The molecule has 124 valence electrons. The second-order valence-electron chi connectivity index (χ2n) is 6.27. The molecule has 0 aliphatic heterocycles. The van der Waals surface area contributed by atoms with E-state index in [1.807, 2.05) is 0 Å². The fraction of sp³-hybridized carbons (Fsp3) is 0.562. The highest BCUT2D eigenvalue weighted by molar-refractivity contribution is 5.98. The Balaban J connectivity index is 3.14. The lowest BCUT2D eigenvalue weighted by atomic mass is 9.75. The largest absolute Gasteiger partial charge is 0.416 e. The van der Waals surface area contributed by atoms with Crippen molar-refractivity contribution in [3.63, 3.8) is 0 Å². The molecular weight excluding hydrogens is 295 g/mol. The Bertz CT molecular complexity index is 549. The van der Waals surface area contributed by atoms with Gasteiger partial charge in [-0.3, -0.25) is 0 Å². The third-order valence-corrected chi connectivity index (χ3v) is 3.69. The molecule has 0 saturated carbocycles. The van der Waals surface area contributed by atoms with Crippen LogP contribution in [0.25, 0.3) is 0 Å². The quantitative estimate of drug-likeness (QED) is 0.658. The van der Waals surface area contributed by atoms with Crippen molar-refractivity contribution in [1.82, 2.24) is 0 Å². The van der Waals surface area contributed by atoms with Gasteiger partial charge in [0.1, 0.15) is 7.11 Å². The number of rotatable bonds is 5. The van der Waals surface area contributed by atoms with Crippen LogP contribution >= 0.6 is 0 Å². The molecule has 0 aromatic heterocycles. The second-order valence-corrected chi connectivity index (χ2v) is 6.27. The monoisotopic (exact) mass is 317 g/mol. The van der Waals surface area contributed by atoms with E-state index < -0.39 is 23.6 Å². The average Bonchev–Trinajstić information content (AvgIpc) is 2.36. The zero-order valence-electron chi connectivity index (χ0n) is 13.5. The molecule has 1 aromatic rings. The van der Waals surface area contributed by atoms with Crippen molar-refractivity contribution < 1.29 is 23.1 Å². The maximum absolute atomic E-state index is 12.9. The third-order valence-electron chi connectivity index (χ3n) is 3.69. The first-order valence-corrected chi connectivity index (χ1v) is 6.88. The zero-order chi connectivity index (χ0) is 17.2. The summed E-state index contributed by atoms with van der Waals surface area (Å²) in [6, 6.07) is 7.07.